The summed E-state index contributed by atoms with van der Waals surface area (Å²) in [7, 11) is 0. The third-order valence-electron chi connectivity index (χ3n) is 1.14. The Balaban J connectivity index is 4.33. The van der Waals surface area contributed by atoms with Crippen LogP contribution in [0.1, 0.15) is 13.3 Å². The van der Waals surface area contributed by atoms with E-state index in [0.717, 1.165) is 0 Å². The second-order valence-corrected chi connectivity index (χ2v) is 1.84. The zero-order chi connectivity index (χ0) is 8.36. The van der Waals surface area contributed by atoms with Crippen molar-refractivity contribution < 1.29 is 18.7 Å². The molecule has 0 aromatic carbocycles. The van der Waals surface area contributed by atoms with Crippen LogP contribution in [0.25, 0.3) is 0 Å². The van der Waals surface area contributed by atoms with Crippen LogP contribution in [0.5, 0.6) is 0 Å². The van der Waals surface area contributed by atoms with Crippen molar-refractivity contribution in [2.45, 2.75) is 19.3 Å². The van der Waals surface area contributed by atoms with E-state index < -0.39 is 23.9 Å². The maximum Gasteiger partial charge on any atom is 0.337 e. The average molecular weight is 150 g/mol. The number of aliphatic carboxylic acids is 1. The lowest BCUT2D eigenvalue weighted by atomic mass is 10.1. The highest BCUT2D eigenvalue weighted by Gasteiger charge is 2.34. The first-order valence-electron chi connectivity index (χ1n) is 2.72. The average Bonchev–Trinajstić information content (AvgIpc) is 1.86. The topological polar surface area (TPSA) is 37.3 Å². The van der Waals surface area contributed by atoms with Gasteiger partial charge in [0, 0.05) is 6.42 Å². The number of rotatable bonds is 3. The number of carbonyl (C=O) groups is 1. The summed E-state index contributed by atoms with van der Waals surface area (Å²) in [5.41, 5.74) is -1.05. The van der Waals surface area contributed by atoms with Gasteiger partial charge in [-0.25, -0.2) is 13.6 Å². The Hall–Kier alpha value is -0.930. The summed E-state index contributed by atoms with van der Waals surface area (Å²) in [4.78, 5) is 9.93. The molecule has 0 unspecified atom stereocenters. The first-order chi connectivity index (χ1) is 4.41. The van der Waals surface area contributed by atoms with E-state index in [1.54, 1.807) is 0 Å². The van der Waals surface area contributed by atoms with Gasteiger partial charge in [0.2, 0.25) is 0 Å². The fourth-order valence-electron chi connectivity index (χ4n) is 0.370. The van der Waals surface area contributed by atoms with Crippen LogP contribution in [-0.2, 0) is 4.79 Å². The van der Waals surface area contributed by atoms with Gasteiger partial charge in [0.15, 0.2) is 0 Å². The van der Waals surface area contributed by atoms with Gasteiger partial charge in [-0.1, -0.05) is 13.5 Å². The largest absolute Gasteiger partial charge is 0.478 e. The molecule has 0 spiro atoms. The van der Waals surface area contributed by atoms with E-state index in [1.165, 1.54) is 6.92 Å². The van der Waals surface area contributed by atoms with E-state index in [2.05, 4.69) is 6.58 Å². The van der Waals surface area contributed by atoms with E-state index in [-0.39, 0.29) is 0 Å². The van der Waals surface area contributed by atoms with Crippen LogP contribution in [0, 0.1) is 0 Å². The molecular formula is C6H8F2O2. The first kappa shape index (κ1) is 9.07. The molecule has 0 radical (unpaired) electrons. The second-order valence-electron chi connectivity index (χ2n) is 1.84. The highest BCUT2D eigenvalue weighted by atomic mass is 19.3. The van der Waals surface area contributed by atoms with Gasteiger partial charge < -0.3 is 5.11 Å². The zero-order valence-corrected chi connectivity index (χ0v) is 5.53. The Morgan fingerprint density at radius 3 is 2.20 bits per heavy atom. The molecule has 0 aliphatic carbocycles. The van der Waals surface area contributed by atoms with Crippen molar-refractivity contribution in [1.29, 1.82) is 0 Å². The molecule has 0 saturated heterocycles. The summed E-state index contributed by atoms with van der Waals surface area (Å²) >= 11 is 0. The van der Waals surface area contributed by atoms with Gasteiger partial charge in [-0.2, -0.15) is 0 Å². The van der Waals surface area contributed by atoms with Gasteiger partial charge >= 0.3 is 5.97 Å². The standard InChI is InChI=1S/C6H8F2O2/c1-3-6(7,8)4(2)5(9)10/h2-3H2,1H3,(H,9,10). The van der Waals surface area contributed by atoms with Crippen molar-refractivity contribution in [3.63, 3.8) is 0 Å². The molecule has 0 rings (SSSR count). The van der Waals surface area contributed by atoms with E-state index in [9.17, 15) is 13.6 Å². The molecule has 1 N–H and O–H groups in total. The molecule has 0 aliphatic rings. The number of carboxylic acids is 1. The van der Waals surface area contributed by atoms with Crippen molar-refractivity contribution >= 4 is 5.97 Å². The molecule has 0 heterocycles. The Bertz CT molecular complexity index is 163. The molecule has 0 aromatic heterocycles. The molecule has 0 bridgehead atoms. The maximum atomic E-state index is 12.3. The van der Waals surface area contributed by atoms with Crippen molar-refractivity contribution in [1.82, 2.24) is 0 Å². The van der Waals surface area contributed by atoms with Crippen LogP contribution in [0.3, 0.4) is 0 Å². The lowest BCUT2D eigenvalue weighted by molar-refractivity contribution is -0.136. The minimum Gasteiger partial charge on any atom is -0.478 e. The van der Waals surface area contributed by atoms with Gasteiger partial charge in [0.1, 0.15) is 0 Å². The summed E-state index contributed by atoms with van der Waals surface area (Å²) in [5, 5.41) is 8.07. The molecule has 10 heavy (non-hydrogen) atoms. The normalized spacial score (nSPS) is 11.1. The van der Waals surface area contributed by atoms with Crippen LogP contribution in [0.15, 0.2) is 12.2 Å². The highest BCUT2D eigenvalue weighted by Crippen LogP contribution is 2.25. The van der Waals surface area contributed by atoms with Gasteiger partial charge in [0.25, 0.3) is 5.92 Å². The molecule has 58 valence electrons. The number of halogens is 2. The summed E-state index contributed by atoms with van der Waals surface area (Å²) < 4.78 is 24.6. The van der Waals surface area contributed by atoms with Crippen LogP contribution in [0.2, 0.25) is 0 Å². The minimum atomic E-state index is -3.27. The molecule has 2 nitrogen and oxygen atoms in total. The monoisotopic (exact) mass is 150 g/mol. The highest BCUT2D eigenvalue weighted by molar-refractivity contribution is 5.87. The first-order valence-corrected chi connectivity index (χ1v) is 2.72. The van der Waals surface area contributed by atoms with Gasteiger partial charge in [0.05, 0.1) is 5.57 Å². The SMILES string of the molecule is C=C(C(=O)O)C(F)(F)CC. The molecule has 0 aromatic rings. The van der Waals surface area contributed by atoms with E-state index in [4.69, 9.17) is 5.11 Å². The molecule has 0 amide bonds. The Morgan fingerprint density at radius 2 is 2.10 bits per heavy atom. The fourth-order valence-corrected chi connectivity index (χ4v) is 0.370. The summed E-state index contributed by atoms with van der Waals surface area (Å²) in [6.07, 6.45) is -0.530. The predicted molar refractivity (Wildman–Crippen MR) is 32.0 cm³/mol. The molecule has 0 atom stereocenters. The van der Waals surface area contributed by atoms with Crippen molar-refractivity contribution in [3.8, 4) is 0 Å². The number of hydrogen-bond donors (Lipinski definition) is 1. The van der Waals surface area contributed by atoms with Crippen molar-refractivity contribution in [3.05, 3.63) is 12.2 Å². The van der Waals surface area contributed by atoms with Crippen molar-refractivity contribution in [2.24, 2.45) is 0 Å². The van der Waals surface area contributed by atoms with Gasteiger partial charge in [-0.3, -0.25) is 0 Å². The Labute approximate surface area is 57.2 Å². The predicted octanol–water partition coefficient (Wildman–Crippen LogP) is 1.67. The Kier molecular flexibility index (Phi) is 2.51. The van der Waals surface area contributed by atoms with E-state index >= 15 is 0 Å². The lowest BCUT2D eigenvalue weighted by Gasteiger charge is -2.12. The van der Waals surface area contributed by atoms with Gasteiger partial charge in [-0.05, 0) is 0 Å². The summed E-state index contributed by atoms with van der Waals surface area (Å²) in [6.45, 7) is 3.95. The number of alkyl halides is 2. The molecule has 0 aliphatic heterocycles. The van der Waals surface area contributed by atoms with Crippen LogP contribution in [0.4, 0.5) is 8.78 Å². The third kappa shape index (κ3) is 1.79. The number of carboxylic acid groups (broad SMARTS) is 1. The smallest absolute Gasteiger partial charge is 0.337 e. The quantitative estimate of drug-likeness (QED) is 0.621. The maximum absolute atomic E-state index is 12.3. The summed E-state index contributed by atoms with van der Waals surface area (Å²) in [6, 6.07) is 0. The van der Waals surface area contributed by atoms with Crippen LogP contribution >= 0.6 is 0 Å². The fraction of sp³-hybridized carbons (Fsp3) is 0.500. The third-order valence-corrected chi connectivity index (χ3v) is 1.14. The van der Waals surface area contributed by atoms with E-state index in [0.29, 0.717) is 0 Å². The van der Waals surface area contributed by atoms with Crippen LogP contribution < -0.4 is 0 Å². The number of hydrogen-bond acceptors (Lipinski definition) is 1. The Morgan fingerprint density at radius 1 is 1.70 bits per heavy atom. The molecular weight excluding hydrogens is 142 g/mol. The molecule has 0 saturated carbocycles. The second kappa shape index (κ2) is 2.77. The lowest BCUT2D eigenvalue weighted by Crippen LogP contribution is -2.22. The van der Waals surface area contributed by atoms with E-state index in [1.807, 2.05) is 0 Å². The minimum absolute atomic E-state index is 0.530. The molecule has 0 fully saturated rings. The zero-order valence-electron chi connectivity index (χ0n) is 5.53. The van der Waals surface area contributed by atoms with Gasteiger partial charge in [-0.15, -0.1) is 0 Å². The summed E-state index contributed by atoms with van der Waals surface area (Å²) in [5.74, 6) is -4.92. The molecule has 4 heteroatoms. The van der Waals surface area contributed by atoms with Crippen molar-refractivity contribution in [2.75, 3.05) is 0 Å². The van der Waals surface area contributed by atoms with Crippen LogP contribution in [-0.4, -0.2) is 17.0 Å².